The number of carbonyl (C=O) groups excluding carboxylic acids is 2. The molecule has 4 rings (SSSR count). The second-order valence-electron chi connectivity index (χ2n) is 7.00. The summed E-state index contributed by atoms with van der Waals surface area (Å²) >= 11 is 0. The zero-order chi connectivity index (χ0) is 17.2. The van der Waals surface area contributed by atoms with E-state index in [1.165, 1.54) is 5.57 Å². The van der Waals surface area contributed by atoms with Crippen molar-refractivity contribution in [3.63, 3.8) is 0 Å². The summed E-state index contributed by atoms with van der Waals surface area (Å²) in [7, 11) is 0. The van der Waals surface area contributed by atoms with E-state index in [2.05, 4.69) is 20.9 Å². The van der Waals surface area contributed by atoms with Crippen LogP contribution < -0.4 is 10.6 Å². The van der Waals surface area contributed by atoms with E-state index in [9.17, 15) is 9.59 Å². The van der Waals surface area contributed by atoms with Gasteiger partial charge in [0.1, 0.15) is 0 Å². The topological polar surface area (TPSA) is 82.9 Å². The molecule has 1 fully saturated rings. The minimum absolute atomic E-state index is 0.0465. The summed E-state index contributed by atoms with van der Waals surface area (Å²) in [4.78, 5) is 24.0. The maximum absolute atomic E-state index is 12.1. The molecule has 2 N–H and O–H groups in total. The van der Waals surface area contributed by atoms with Crippen molar-refractivity contribution in [2.75, 3.05) is 18.4 Å². The molecule has 2 aliphatic heterocycles. The van der Waals surface area contributed by atoms with Crippen LogP contribution in [0.2, 0.25) is 0 Å². The van der Waals surface area contributed by atoms with Gasteiger partial charge in [0.05, 0.1) is 12.0 Å². The Labute approximate surface area is 146 Å². The lowest BCUT2D eigenvalue weighted by atomic mass is 9.84. The number of nitrogens with zero attached hydrogens (tertiary/aromatic N) is 2. The van der Waals surface area contributed by atoms with Crippen LogP contribution in [0.25, 0.3) is 0 Å². The molecule has 0 radical (unpaired) electrons. The van der Waals surface area contributed by atoms with Crippen LogP contribution in [0.4, 0.5) is 5.69 Å². The molecule has 6 nitrogen and oxygen atoms in total. The van der Waals surface area contributed by atoms with Crippen molar-refractivity contribution in [3.8, 4) is 0 Å². The molecular weight excluding hydrogens is 316 g/mol. The standard InChI is InChI=1S/C19H22N4O2/c24-18(13-10-20-11-13)21-14-5-3-4-12(8-14)9-17-15-6-1-2-7-16(15)19(25)23-22-17/h3-5,8,13,17,20H,1-2,6-7,9-11H2,(H,21,24). The maximum Gasteiger partial charge on any atom is 0.291 e. The van der Waals surface area contributed by atoms with Crippen LogP contribution in [0.5, 0.6) is 0 Å². The largest absolute Gasteiger partial charge is 0.326 e. The van der Waals surface area contributed by atoms with Crippen LogP contribution in [0.1, 0.15) is 31.2 Å². The molecule has 0 aromatic heterocycles. The molecule has 0 bridgehead atoms. The van der Waals surface area contributed by atoms with Gasteiger partial charge in [0.2, 0.25) is 5.91 Å². The highest BCUT2D eigenvalue weighted by Gasteiger charge is 2.29. The monoisotopic (exact) mass is 338 g/mol. The van der Waals surface area contributed by atoms with Gasteiger partial charge in [-0.3, -0.25) is 9.59 Å². The zero-order valence-electron chi connectivity index (χ0n) is 14.1. The summed E-state index contributed by atoms with van der Waals surface area (Å²) < 4.78 is 0. The molecule has 2 heterocycles. The van der Waals surface area contributed by atoms with Gasteiger partial charge in [0.25, 0.3) is 5.91 Å². The fourth-order valence-electron chi connectivity index (χ4n) is 3.67. The van der Waals surface area contributed by atoms with Crippen molar-refractivity contribution < 1.29 is 9.59 Å². The Kier molecular flexibility index (Phi) is 4.44. The number of nitrogens with one attached hydrogen (secondary N) is 2. The molecule has 6 heteroatoms. The summed E-state index contributed by atoms with van der Waals surface area (Å²) in [5, 5.41) is 14.2. The summed E-state index contributed by atoms with van der Waals surface area (Å²) in [6.07, 6.45) is 4.66. The van der Waals surface area contributed by atoms with E-state index in [-0.39, 0.29) is 23.8 Å². The maximum atomic E-state index is 12.1. The van der Waals surface area contributed by atoms with Crippen LogP contribution in [0.15, 0.2) is 45.6 Å². The molecule has 130 valence electrons. The van der Waals surface area contributed by atoms with Gasteiger partial charge in [-0.05, 0) is 49.0 Å². The Balaban J connectivity index is 1.48. The first kappa shape index (κ1) is 16.1. The Hall–Kier alpha value is -2.34. The summed E-state index contributed by atoms with van der Waals surface area (Å²) in [5.74, 6) is -0.0195. The Morgan fingerprint density at radius 2 is 2.08 bits per heavy atom. The number of carbonyl (C=O) groups is 2. The van der Waals surface area contributed by atoms with Gasteiger partial charge in [-0.15, -0.1) is 5.11 Å². The average molecular weight is 338 g/mol. The lowest BCUT2D eigenvalue weighted by molar-refractivity contribution is -0.121. The molecule has 0 saturated carbocycles. The predicted molar refractivity (Wildman–Crippen MR) is 94.3 cm³/mol. The zero-order valence-corrected chi connectivity index (χ0v) is 14.1. The fourth-order valence-corrected chi connectivity index (χ4v) is 3.67. The molecule has 3 aliphatic rings. The highest BCUT2D eigenvalue weighted by molar-refractivity contribution is 5.95. The smallest absolute Gasteiger partial charge is 0.291 e. The van der Waals surface area contributed by atoms with Crippen LogP contribution in [0.3, 0.4) is 0 Å². The third-order valence-corrected chi connectivity index (χ3v) is 5.23. The number of benzene rings is 1. The van der Waals surface area contributed by atoms with Gasteiger partial charge in [-0.2, -0.15) is 5.11 Å². The summed E-state index contributed by atoms with van der Waals surface area (Å²) in [5.41, 5.74) is 3.96. The molecule has 2 amide bonds. The number of anilines is 1. The van der Waals surface area contributed by atoms with Crippen LogP contribution in [-0.2, 0) is 16.0 Å². The van der Waals surface area contributed by atoms with Crippen molar-refractivity contribution in [2.45, 2.75) is 38.1 Å². The fraction of sp³-hybridized carbons (Fsp3) is 0.474. The number of rotatable bonds is 4. The van der Waals surface area contributed by atoms with Gasteiger partial charge < -0.3 is 10.6 Å². The van der Waals surface area contributed by atoms with E-state index in [1.54, 1.807) is 0 Å². The van der Waals surface area contributed by atoms with E-state index in [1.807, 2.05) is 24.3 Å². The van der Waals surface area contributed by atoms with Crippen molar-refractivity contribution in [2.24, 2.45) is 16.1 Å². The predicted octanol–water partition coefficient (Wildman–Crippen LogP) is 2.62. The highest BCUT2D eigenvalue weighted by atomic mass is 16.2. The van der Waals surface area contributed by atoms with E-state index in [0.29, 0.717) is 6.42 Å². The van der Waals surface area contributed by atoms with Gasteiger partial charge in [0, 0.05) is 30.8 Å². The second kappa shape index (κ2) is 6.88. The number of hydrogen-bond acceptors (Lipinski definition) is 4. The second-order valence-corrected chi connectivity index (χ2v) is 7.00. The number of azo groups is 1. The normalized spacial score (nSPS) is 23.2. The Morgan fingerprint density at radius 3 is 2.88 bits per heavy atom. The SMILES string of the molecule is O=C1N=NC(Cc2cccc(NC(=O)C3CNC3)c2)C2=C1CCCC2. The average Bonchev–Trinajstić information content (AvgIpc) is 2.56. The third-order valence-electron chi connectivity index (χ3n) is 5.23. The van der Waals surface area contributed by atoms with E-state index in [4.69, 9.17) is 0 Å². The Morgan fingerprint density at radius 1 is 1.24 bits per heavy atom. The first-order valence-electron chi connectivity index (χ1n) is 8.98. The van der Waals surface area contributed by atoms with Gasteiger partial charge in [-0.1, -0.05) is 12.1 Å². The van der Waals surface area contributed by atoms with Crippen molar-refractivity contribution in [3.05, 3.63) is 41.0 Å². The van der Waals surface area contributed by atoms with E-state index in [0.717, 1.165) is 55.6 Å². The number of amides is 2. The quantitative estimate of drug-likeness (QED) is 0.885. The minimum Gasteiger partial charge on any atom is -0.326 e. The lowest BCUT2D eigenvalue weighted by Crippen LogP contribution is -2.48. The lowest BCUT2D eigenvalue weighted by Gasteiger charge is -2.26. The van der Waals surface area contributed by atoms with Gasteiger partial charge in [0.15, 0.2) is 0 Å². The molecule has 1 unspecified atom stereocenters. The first-order chi connectivity index (χ1) is 12.2. The minimum atomic E-state index is -0.152. The molecule has 1 aliphatic carbocycles. The van der Waals surface area contributed by atoms with Crippen molar-refractivity contribution in [1.82, 2.24) is 5.32 Å². The van der Waals surface area contributed by atoms with E-state index < -0.39 is 0 Å². The van der Waals surface area contributed by atoms with Crippen LogP contribution in [-0.4, -0.2) is 30.9 Å². The molecule has 1 saturated heterocycles. The molecule has 1 aromatic rings. The summed E-state index contributed by atoms with van der Waals surface area (Å²) in [6.45, 7) is 1.50. The van der Waals surface area contributed by atoms with E-state index >= 15 is 0 Å². The molecule has 25 heavy (non-hydrogen) atoms. The molecular formula is C19H22N4O2. The highest BCUT2D eigenvalue weighted by Crippen LogP contribution is 2.33. The van der Waals surface area contributed by atoms with Crippen molar-refractivity contribution in [1.29, 1.82) is 0 Å². The summed E-state index contributed by atoms with van der Waals surface area (Å²) in [6, 6.07) is 7.85. The van der Waals surface area contributed by atoms with Crippen LogP contribution in [0, 0.1) is 5.92 Å². The molecule has 1 atom stereocenters. The molecule has 1 aromatic carbocycles. The third kappa shape index (κ3) is 3.39. The van der Waals surface area contributed by atoms with Gasteiger partial charge in [-0.25, -0.2) is 0 Å². The Bertz CT molecular complexity index is 764. The first-order valence-corrected chi connectivity index (χ1v) is 8.98. The van der Waals surface area contributed by atoms with Crippen molar-refractivity contribution >= 4 is 17.5 Å². The number of hydrogen-bond donors (Lipinski definition) is 2. The molecule has 0 spiro atoms. The van der Waals surface area contributed by atoms with Gasteiger partial charge >= 0.3 is 0 Å². The van der Waals surface area contributed by atoms with Crippen LogP contribution >= 0.6 is 0 Å².